The van der Waals surface area contributed by atoms with Crippen molar-refractivity contribution in [3.05, 3.63) is 42.0 Å². The monoisotopic (exact) mass is 395 g/mol. The summed E-state index contributed by atoms with van der Waals surface area (Å²) in [7, 11) is 0.844. The van der Waals surface area contributed by atoms with Crippen LogP contribution in [0.3, 0.4) is 0 Å². The molecule has 0 aliphatic carbocycles. The van der Waals surface area contributed by atoms with Crippen molar-refractivity contribution in [3.8, 4) is 23.0 Å². The Labute approximate surface area is 160 Å². The quantitative estimate of drug-likeness (QED) is 0.703. The van der Waals surface area contributed by atoms with E-state index in [1.165, 1.54) is 33.5 Å². The SMILES string of the molecule is COc1cc(CNS(=O)(=O)c2ccc(OC(C)C)cc2)cc(OC)c1OC. The second-order valence-corrected chi connectivity index (χ2v) is 7.76. The standard InChI is InChI=1S/C19H25NO6S/c1-13(2)26-15-6-8-16(9-7-15)27(21,22)20-12-14-10-17(23-3)19(25-5)18(11-14)24-4/h6-11,13,20H,12H2,1-5H3. The molecule has 0 radical (unpaired) electrons. The van der Waals surface area contributed by atoms with Crippen molar-refractivity contribution in [2.24, 2.45) is 0 Å². The molecule has 148 valence electrons. The maximum atomic E-state index is 12.5. The van der Waals surface area contributed by atoms with E-state index >= 15 is 0 Å². The van der Waals surface area contributed by atoms with Crippen LogP contribution in [0.15, 0.2) is 41.3 Å². The van der Waals surface area contributed by atoms with Gasteiger partial charge in [0, 0.05) is 6.54 Å². The highest BCUT2D eigenvalue weighted by molar-refractivity contribution is 7.89. The lowest BCUT2D eigenvalue weighted by Crippen LogP contribution is -2.23. The normalized spacial score (nSPS) is 11.3. The van der Waals surface area contributed by atoms with Gasteiger partial charge in [-0.1, -0.05) is 0 Å². The summed E-state index contributed by atoms with van der Waals surface area (Å²) in [6, 6.07) is 9.68. The topological polar surface area (TPSA) is 83.1 Å². The van der Waals surface area contributed by atoms with E-state index in [0.717, 1.165) is 0 Å². The molecule has 0 aliphatic heterocycles. The van der Waals surface area contributed by atoms with Gasteiger partial charge in [-0.3, -0.25) is 0 Å². The lowest BCUT2D eigenvalue weighted by Gasteiger charge is -2.15. The molecule has 0 saturated carbocycles. The molecular weight excluding hydrogens is 370 g/mol. The number of rotatable bonds is 9. The van der Waals surface area contributed by atoms with E-state index < -0.39 is 10.0 Å². The van der Waals surface area contributed by atoms with Gasteiger partial charge in [0.1, 0.15) is 5.75 Å². The molecule has 0 heterocycles. The van der Waals surface area contributed by atoms with E-state index in [1.807, 2.05) is 13.8 Å². The Balaban J connectivity index is 2.17. The molecule has 8 heteroatoms. The van der Waals surface area contributed by atoms with Crippen molar-refractivity contribution in [2.45, 2.75) is 31.4 Å². The molecule has 0 amide bonds. The van der Waals surface area contributed by atoms with E-state index in [4.69, 9.17) is 18.9 Å². The zero-order valence-corrected chi connectivity index (χ0v) is 16.9. The second-order valence-electron chi connectivity index (χ2n) is 6.00. The van der Waals surface area contributed by atoms with Crippen LogP contribution in [0.25, 0.3) is 0 Å². The lowest BCUT2D eigenvalue weighted by atomic mass is 10.2. The van der Waals surface area contributed by atoms with Crippen LogP contribution >= 0.6 is 0 Å². The predicted molar refractivity (Wildman–Crippen MR) is 102 cm³/mol. The minimum atomic E-state index is -3.68. The lowest BCUT2D eigenvalue weighted by molar-refractivity contribution is 0.242. The molecule has 1 N–H and O–H groups in total. The van der Waals surface area contributed by atoms with Crippen molar-refractivity contribution in [1.29, 1.82) is 0 Å². The summed E-state index contributed by atoms with van der Waals surface area (Å²) in [5.74, 6) is 1.99. The van der Waals surface area contributed by atoms with Gasteiger partial charge in [0.05, 0.1) is 32.3 Å². The zero-order chi connectivity index (χ0) is 20.0. The molecule has 0 bridgehead atoms. The molecule has 2 aromatic carbocycles. The first-order valence-electron chi connectivity index (χ1n) is 8.36. The summed E-state index contributed by atoms with van der Waals surface area (Å²) in [5.41, 5.74) is 0.674. The number of sulfonamides is 1. The molecule has 0 fully saturated rings. The second kappa shape index (κ2) is 8.96. The Morgan fingerprint density at radius 1 is 0.926 bits per heavy atom. The van der Waals surface area contributed by atoms with Crippen molar-refractivity contribution >= 4 is 10.0 Å². The van der Waals surface area contributed by atoms with E-state index in [-0.39, 0.29) is 17.5 Å². The Kier molecular flexibility index (Phi) is 6.92. The van der Waals surface area contributed by atoms with Gasteiger partial charge in [-0.05, 0) is 55.8 Å². The molecule has 0 saturated heterocycles. The zero-order valence-electron chi connectivity index (χ0n) is 16.1. The summed E-state index contributed by atoms with van der Waals surface area (Å²) in [6.07, 6.45) is 0.0191. The molecule has 2 rings (SSSR count). The van der Waals surface area contributed by atoms with E-state index in [9.17, 15) is 8.42 Å². The van der Waals surface area contributed by atoms with Gasteiger partial charge in [-0.15, -0.1) is 0 Å². The predicted octanol–water partition coefficient (Wildman–Crippen LogP) is 2.98. The first-order chi connectivity index (χ1) is 12.8. The first-order valence-corrected chi connectivity index (χ1v) is 9.84. The number of hydrogen-bond donors (Lipinski definition) is 1. The van der Waals surface area contributed by atoms with Gasteiger partial charge in [0.25, 0.3) is 0 Å². The summed E-state index contributed by atoms with van der Waals surface area (Å²) < 4.78 is 49.0. The van der Waals surface area contributed by atoms with Gasteiger partial charge in [-0.25, -0.2) is 13.1 Å². The van der Waals surface area contributed by atoms with Gasteiger partial charge < -0.3 is 18.9 Å². The average Bonchev–Trinajstić information content (AvgIpc) is 2.65. The molecule has 0 atom stereocenters. The van der Waals surface area contributed by atoms with Crippen molar-refractivity contribution in [2.75, 3.05) is 21.3 Å². The Bertz CT molecular complexity index is 837. The number of hydrogen-bond acceptors (Lipinski definition) is 6. The van der Waals surface area contributed by atoms with E-state index in [1.54, 1.807) is 24.3 Å². The third kappa shape index (κ3) is 5.27. The third-order valence-electron chi connectivity index (χ3n) is 3.70. The van der Waals surface area contributed by atoms with Gasteiger partial charge in [-0.2, -0.15) is 0 Å². The van der Waals surface area contributed by atoms with Crippen LogP contribution < -0.4 is 23.7 Å². The molecular formula is C19H25NO6S. The highest BCUT2D eigenvalue weighted by Gasteiger charge is 2.17. The van der Waals surface area contributed by atoms with E-state index in [2.05, 4.69) is 4.72 Å². The van der Waals surface area contributed by atoms with Crippen molar-refractivity contribution in [1.82, 2.24) is 4.72 Å². The van der Waals surface area contributed by atoms with Crippen LogP contribution in [-0.4, -0.2) is 35.9 Å². The fourth-order valence-electron chi connectivity index (χ4n) is 2.47. The minimum absolute atomic E-state index is 0.0191. The van der Waals surface area contributed by atoms with E-state index in [0.29, 0.717) is 28.6 Å². The summed E-state index contributed by atoms with van der Waals surface area (Å²) in [6.45, 7) is 3.89. The van der Waals surface area contributed by atoms with Crippen LogP contribution in [0.4, 0.5) is 0 Å². The van der Waals surface area contributed by atoms with Crippen molar-refractivity contribution in [3.63, 3.8) is 0 Å². The fraction of sp³-hybridized carbons (Fsp3) is 0.368. The Morgan fingerprint density at radius 2 is 1.48 bits per heavy atom. The molecule has 0 spiro atoms. The molecule has 0 unspecified atom stereocenters. The van der Waals surface area contributed by atoms with Crippen LogP contribution in [-0.2, 0) is 16.6 Å². The number of benzene rings is 2. The maximum absolute atomic E-state index is 12.5. The molecule has 0 aliphatic rings. The Morgan fingerprint density at radius 3 is 1.93 bits per heavy atom. The van der Waals surface area contributed by atoms with Crippen LogP contribution in [0.5, 0.6) is 23.0 Å². The summed E-state index contributed by atoms with van der Waals surface area (Å²) >= 11 is 0. The molecule has 2 aromatic rings. The van der Waals surface area contributed by atoms with Crippen molar-refractivity contribution < 1.29 is 27.4 Å². The van der Waals surface area contributed by atoms with Crippen LogP contribution in [0, 0.1) is 0 Å². The highest BCUT2D eigenvalue weighted by atomic mass is 32.2. The summed E-state index contributed by atoms with van der Waals surface area (Å²) in [4.78, 5) is 0.158. The average molecular weight is 395 g/mol. The minimum Gasteiger partial charge on any atom is -0.493 e. The Hall–Kier alpha value is -2.45. The maximum Gasteiger partial charge on any atom is 0.240 e. The van der Waals surface area contributed by atoms with Crippen LogP contribution in [0.2, 0.25) is 0 Å². The fourth-order valence-corrected chi connectivity index (χ4v) is 3.49. The van der Waals surface area contributed by atoms with Gasteiger partial charge in [0.15, 0.2) is 11.5 Å². The van der Waals surface area contributed by atoms with Gasteiger partial charge in [0.2, 0.25) is 15.8 Å². The largest absolute Gasteiger partial charge is 0.493 e. The summed E-state index contributed by atoms with van der Waals surface area (Å²) in [5, 5.41) is 0. The third-order valence-corrected chi connectivity index (χ3v) is 5.11. The smallest absolute Gasteiger partial charge is 0.240 e. The van der Waals surface area contributed by atoms with Gasteiger partial charge >= 0.3 is 0 Å². The number of methoxy groups -OCH3 is 3. The molecule has 0 aromatic heterocycles. The molecule has 7 nitrogen and oxygen atoms in total. The first kappa shape index (κ1) is 20.9. The van der Waals surface area contributed by atoms with Crippen LogP contribution in [0.1, 0.15) is 19.4 Å². The number of nitrogens with one attached hydrogen (secondary N) is 1. The molecule has 27 heavy (non-hydrogen) atoms. The number of ether oxygens (including phenoxy) is 4. The highest BCUT2D eigenvalue weighted by Crippen LogP contribution is 2.38.